The number of likely N-dealkylation sites (tertiary alicyclic amines) is 1. The second kappa shape index (κ2) is 8.15. The highest BCUT2D eigenvalue weighted by Gasteiger charge is 2.26. The number of hydrogen-bond donors (Lipinski definition) is 1. The minimum absolute atomic E-state index is 0.195. The molecule has 0 saturated carbocycles. The number of nitrogens with zero attached hydrogens (tertiary/aromatic N) is 1. The van der Waals surface area contributed by atoms with Crippen molar-refractivity contribution >= 4 is 16.8 Å². The van der Waals surface area contributed by atoms with Crippen LogP contribution in [0.25, 0.3) is 10.9 Å². The quantitative estimate of drug-likeness (QED) is 0.715. The molecule has 1 aromatic heterocycles. The van der Waals surface area contributed by atoms with E-state index in [9.17, 15) is 18.4 Å². The number of halogens is 2. The van der Waals surface area contributed by atoms with Crippen molar-refractivity contribution in [2.75, 3.05) is 13.1 Å². The molecule has 1 N–H and O–H groups in total. The van der Waals surface area contributed by atoms with E-state index < -0.39 is 11.4 Å². The summed E-state index contributed by atoms with van der Waals surface area (Å²) in [5.74, 6) is -0.549. The molecule has 2 aromatic carbocycles. The van der Waals surface area contributed by atoms with Gasteiger partial charge in [0.15, 0.2) is 0 Å². The van der Waals surface area contributed by atoms with Gasteiger partial charge in [-0.2, -0.15) is 0 Å². The van der Waals surface area contributed by atoms with Crippen LogP contribution in [0.2, 0.25) is 0 Å². The molecule has 3 aromatic rings. The third-order valence-electron chi connectivity index (χ3n) is 5.60. The van der Waals surface area contributed by atoms with Crippen LogP contribution in [0.3, 0.4) is 0 Å². The number of aromatic nitrogens is 1. The van der Waals surface area contributed by atoms with Crippen molar-refractivity contribution in [3.63, 3.8) is 0 Å². The number of aryl methyl sites for hydroxylation is 1. The second-order valence-corrected chi connectivity index (χ2v) is 7.66. The van der Waals surface area contributed by atoms with E-state index >= 15 is 0 Å². The number of pyridine rings is 1. The highest BCUT2D eigenvalue weighted by atomic mass is 19.1. The van der Waals surface area contributed by atoms with Gasteiger partial charge in [-0.15, -0.1) is 0 Å². The number of H-pyrrole nitrogens is 1. The largest absolute Gasteiger partial charge is 0.338 e. The van der Waals surface area contributed by atoms with Crippen LogP contribution in [-0.2, 0) is 6.42 Å². The number of amides is 1. The molecule has 1 atom stereocenters. The van der Waals surface area contributed by atoms with Crippen molar-refractivity contribution in [3.05, 3.63) is 81.6 Å². The molecular weight excluding hydrogens is 374 g/mol. The van der Waals surface area contributed by atoms with Crippen LogP contribution in [0.1, 0.15) is 35.2 Å². The minimum atomic E-state index is -0.462. The lowest BCUT2D eigenvalue weighted by Crippen LogP contribution is -2.40. The first-order valence-electron chi connectivity index (χ1n) is 9.86. The minimum Gasteiger partial charge on any atom is -0.338 e. The monoisotopic (exact) mass is 396 g/mol. The zero-order chi connectivity index (χ0) is 20.4. The molecule has 0 spiro atoms. The van der Waals surface area contributed by atoms with E-state index in [1.807, 2.05) is 0 Å². The van der Waals surface area contributed by atoms with Gasteiger partial charge >= 0.3 is 0 Å². The molecule has 1 amide bonds. The number of carbonyl (C=O) groups excluding carboxylic acids is 1. The third kappa shape index (κ3) is 4.36. The van der Waals surface area contributed by atoms with E-state index in [0.717, 1.165) is 31.2 Å². The number of benzene rings is 2. The molecule has 0 bridgehead atoms. The number of hydrogen-bond acceptors (Lipinski definition) is 2. The summed E-state index contributed by atoms with van der Waals surface area (Å²) in [6.07, 6.45) is 3.68. The van der Waals surface area contributed by atoms with Crippen LogP contribution >= 0.6 is 0 Å². The molecule has 1 aliphatic heterocycles. The fourth-order valence-corrected chi connectivity index (χ4v) is 4.09. The predicted molar refractivity (Wildman–Crippen MR) is 108 cm³/mol. The fourth-order valence-electron chi connectivity index (χ4n) is 4.09. The first-order valence-corrected chi connectivity index (χ1v) is 9.86. The Labute approximate surface area is 167 Å². The van der Waals surface area contributed by atoms with Gasteiger partial charge in [0.05, 0.1) is 11.1 Å². The lowest BCUT2D eigenvalue weighted by atomic mass is 9.91. The van der Waals surface area contributed by atoms with Gasteiger partial charge in [-0.3, -0.25) is 9.59 Å². The van der Waals surface area contributed by atoms with Crippen LogP contribution in [0.5, 0.6) is 0 Å². The van der Waals surface area contributed by atoms with Crippen LogP contribution < -0.4 is 5.56 Å². The number of nitrogens with one attached hydrogen (secondary N) is 1. The van der Waals surface area contributed by atoms with E-state index in [2.05, 4.69) is 4.98 Å². The van der Waals surface area contributed by atoms with Gasteiger partial charge < -0.3 is 9.88 Å². The Morgan fingerprint density at radius 2 is 1.83 bits per heavy atom. The highest BCUT2D eigenvalue weighted by molar-refractivity contribution is 6.06. The van der Waals surface area contributed by atoms with Crippen molar-refractivity contribution in [2.45, 2.75) is 25.7 Å². The molecule has 1 aliphatic rings. The predicted octanol–water partition coefficient (Wildman–Crippen LogP) is 4.29. The number of rotatable bonds is 4. The molecule has 2 heterocycles. The van der Waals surface area contributed by atoms with Gasteiger partial charge in [-0.05, 0) is 67.5 Å². The van der Waals surface area contributed by atoms with Crippen LogP contribution in [0.4, 0.5) is 8.78 Å². The van der Waals surface area contributed by atoms with Gasteiger partial charge in [-0.1, -0.05) is 12.1 Å². The van der Waals surface area contributed by atoms with Crippen molar-refractivity contribution in [1.29, 1.82) is 0 Å². The van der Waals surface area contributed by atoms with E-state index in [0.29, 0.717) is 35.5 Å². The molecule has 1 saturated heterocycles. The summed E-state index contributed by atoms with van der Waals surface area (Å²) in [5, 5.41) is 0.546. The van der Waals surface area contributed by atoms with Gasteiger partial charge in [0.1, 0.15) is 11.6 Å². The topological polar surface area (TPSA) is 53.2 Å². The number of aromatic amines is 1. The van der Waals surface area contributed by atoms with Gasteiger partial charge in [0.25, 0.3) is 5.91 Å². The van der Waals surface area contributed by atoms with Gasteiger partial charge in [0, 0.05) is 24.5 Å². The number of carbonyl (C=O) groups is 1. The smallest absolute Gasteiger partial charge is 0.254 e. The second-order valence-electron chi connectivity index (χ2n) is 7.66. The Kier molecular flexibility index (Phi) is 5.43. The Morgan fingerprint density at radius 3 is 2.62 bits per heavy atom. The van der Waals surface area contributed by atoms with E-state index in [-0.39, 0.29) is 11.7 Å². The zero-order valence-electron chi connectivity index (χ0n) is 16.0. The summed E-state index contributed by atoms with van der Waals surface area (Å²) < 4.78 is 26.6. The third-order valence-corrected chi connectivity index (χ3v) is 5.60. The average molecular weight is 396 g/mol. The molecule has 1 fully saturated rings. The first kappa shape index (κ1) is 19.3. The Bertz CT molecular complexity index is 1090. The van der Waals surface area contributed by atoms with Gasteiger partial charge in [0.2, 0.25) is 5.56 Å². The van der Waals surface area contributed by atoms with E-state index in [4.69, 9.17) is 0 Å². The molecule has 150 valence electrons. The highest BCUT2D eigenvalue weighted by Crippen LogP contribution is 2.25. The summed E-state index contributed by atoms with van der Waals surface area (Å²) in [6, 6.07) is 11.9. The summed E-state index contributed by atoms with van der Waals surface area (Å²) in [6.45, 7) is 1.26. The van der Waals surface area contributed by atoms with Crippen molar-refractivity contribution in [3.8, 4) is 0 Å². The van der Waals surface area contributed by atoms with Crippen molar-refractivity contribution < 1.29 is 13.6 Å². The zero-order valence-corrected chi connectivity index (χ0v) is 16.0. The molecule has 6 heteroatoms. The molecule has 0 aliphatic carbocycles. The van der Waals surface area contributed by atoms with Gasteiger partial charge in [-0.25, -0.2) is 8.78 Å². The molecule has 0 radical (unpaired) electrons. The Morgan fingerprint density at radius 1 is 1.07 bits per heavy atom. The SMILES string of the molecule is O=C(c1cc(=O)[nH]c2cc(F)ccc12)N1CCC[C@H](CCc2ccc(F)cc2)C1. The molecule has 4 rings (SSSR count). The number of piperidine rings is 1. The molecule has 29 heavy (non-hydrogen) atoms. The normalized spacial score (nSPS) is 16.9. The summed E-state index contributed by atoms with van der Waals surface area (Å²) in [4.78, 5) is 29.5. The molecule has 4 nitrogen and oxygen atoms in total. The summed E-state index contributed by atoms with van der Waals surface area (Å²) >= 11 is 0. The van der Waals surface area contributed by atoms with Crippen molar-refractivity contribution in [1.82, 2.24) is 9.88 Å². The maximum atomic E-state index is 13.5. The van der Waals surface area contributed by atoms with Crippen LogP contribution in [0, 0.1) is 17.6 Å². The standard InChI is InChI=1S/C23H22F2N2O2/c24-17-7-5-15(6-8-17)3-4-16-2-1-11-27(14-16)23(29)20-13-22(28)26-21-12-18(25)9-10-19(20)21/h5-10,12-13,16H,1-4,11,14H2,(H,26,28)/t16-/m1/s1. The van der Waals surface area contributed by atoms with Crippen LogP contribution in [-0.4, -0.2) is 28.9 Å². The lowest BCUT2D eigenvalue weighted by molar-refractivity contribution is 0.0670. The van der Waals surface area contributed by atoms with E-state index in [1.165, 1.54) is 36.4 Å². The Hall–Kier alpha value is -3.02. The fraction of sp³-hybridized carbons (Fsp3) is 0.304. The molecule has 0 unspecified atom stereocenters. The lowest BCUT2D eigenvalue weighted by Gasteiger charge is -2.33. The van der Waals surface area contributed by atoms with Crippen LogP contribution in [0.15, 0.2) is 53.3 Å². The van der Waals surface area contributed by atoms with Crippen molar-refractivity contribution in [2.24, 2.45) is 5.92 Å². The molecular formula is C23H22F2N2O2. The summed E-state index contributed by atoms with van der Waals surface area (Å²) in [7, 11) is 0. The average Bonchev–Trinajstić information content (AvgIpc) is 2.72. The summed E-state index contributed by atoms with van der Waals surface area (Å²) in [5.41, 5.74) is 1.29. The number of fused-ring (bicyclic) bond motifs is 1. The Balaban J connectivity index is 1.49. The maximum absolute atomic E-state index is 13.5. The van der Waals surface area contributed by atoms with E-state index in [1.54, 1.807) is 17.0 Å². The first-order chi connectivity index (χ1) is 14.0. The maximum Gasteiger partial charge on any atom is 0.254 e.